The highest BCUT2D eigenvalue weighted by molar-refractivity contribution is 5.68. The summed E-state index contributed by atoms with van der Waals surface area (Å²) in [5.74, 6) is 0. The van der Waals surface area contributed by atoms with E-state index in [-0.39, 0.29) is 0 Å². The first kappa shape index (κ1) is 14.3. The molecular weight excluding hydrogens is 242 g/mol. The molecule has 0 spiro atoms. The summed E-state index contributed by atoms with van der Waals surface area (Å²) >= 11 is 0. The molecule has 0 unspecified atom stereocenters. The molecule has 2 rings (SSSR count). The molecule has 0 aliphatic rings. The predicted molar refractivity (Wildman–Crippen MR) is 87.6 cm³/mol. The van der Waals surface area contributed by atoms with Crippen LogP contribution in [-0.4, -0.2) is 6.21 Å². The zero-order chi connectivity index (χ0) is 14.4. The Morgan fingerprint density at radius 2 is 1.65 bits per heavy atom. The second-order valence-corrected chi connectivity index (χ2v) is 5.00. The molecule has 0 aliphatic heterocycles. The molecule has 1 nitrogen and oxygen atoms in total. The minimum Gasteiger partial charge on any atom is -0.309 e. The first-order chi connectivity index (χ1) is 9.74. The van der Waals surface area contributed by atoms with Crippen molar-refractivity contribution in [3.05, 3.63) is 71.3 Å². The maximum absolute atomic E-state index is 7.05. The van der Waals surface area contributed by atoms with E-state index in [9.17, 15) is 0 Å². The van der Waals surface area contributed by atoms with Crippen molar-refractivity contribution in [1.82, 2.24) is 0 Å². The summed E-state index contributed by atoms with van der Waals surface area (Å²) in [6.07, 6.45) is 7.09. The van der Waals surface area contributed by atoms with E-state index in [0.717, 1.165) is 12.8 Å². The summed E-state index contributed by atoms with van der Waals surface area (Å²) in [4.78, 5) is 0. The van der Waals surface area contributed by atoms with Crippen LogP contribution in [0.2, 0.25) is 0 Å². The molecule has 0 saturated carbocycles. The summed E-state index contributed by atoms with van der Waals surface area (Å²) in [5.41, 5.74) is 6.54. The van der Waals surface area contributed by atoms with E-state index in [0.29, 0.717) is 0 Å². The van der Waals surface area contributed by atoms with E-state index in [1.807, 2.05) is 6.08 Å². The van der Waals surface area contributed by atoms with Crippen LogP contribution in [0.4, 0.5) is 0 Å². The number of benzene rings is 2. The second-order valence-electron chi connectivity index (χ2n) is 5.00. The van der Waals surface area contributed by atoms with Gasteiger partial charge in [-0.1, -0.05) is 61.0 Å². The molecule has 0 amide bonds. The Morgan fingerprint density at radius 3 is 2.30 bits per heavy atom. The van der Waals surface area contributed by atoms with Crippen molar-refractivity contribution in [1.29, 1.82) is 5.41 Å². The quantitative estimate of drug-likeness (QED) is 0.736. The molecule has 2 aromatic carbocycles. The normalized spacial score (nSPS) is 10.9. The van der Waals surface area contributed by atoms with Crippen LogP contribution in [-0.2, 0) is 12.8 Å². The number of hydrogen-bond acceptors (Lipinski definition) is 1. The summed E-state index contributed by atoms with van der Waals surface area (Å²) < 4.78 is 0. The lowest BCUT2D eigenvalue weighted by Crippen LogP contribution is -1.92. The van der Waals surface area contributed by atoms with Crippen molar-refractivity contribution in [2.24, 2.45) is 0 Å². The molecule has 0 atom stereocenters. The van der Waals surface area contributed by atoms with Crippen LogP contribution in [0.15, 0.2) is 54.6 Å². The Kier molecular flexibility index (Phi) is 4.89. The summed E-state index contributed by atoms with van der Waals surface area (Å²) in [5, 5.41) is 7.05. The molecule has 0 radical (unpaired) electrons. The Labute approximate surface area is 121 Å². The lowest BCUT2D eigenvalue weighted by Gasteiger charge is -2.10. The molecule has 0 heterocycles. The number of rotatable bonds is 5. The van der Waals surface area contributed by atoms with Crippen LogP contribution >= 0.6 is 0 Å². The van der Waals surface area contributed by atoms with Gasteiger partial charge in [0.05, 0.1) is 0 Å². The lowest BCUT2D eigenvalue weighted by atomic mass is 9.95. The number of aryl methyl sites for hydroxylation is 2. The maximum atomic E-state index is 7.05. The SMILES string of the molecule is CCc1ccc(-c2ccc(C)cc2)cc1C/C=C\C=N. The van der Waals surface area contributed by atoms with Crippen molar-refractivity contribution < 1.29 is 0 Å². The van der Waals surface area contributed by atoms with Gasteiger partial charge in [-0.2, -0.15) is 0 Å². The Hall–Kier alpha value is -2.15. The van der Waals surface area contributed by atoms with Gasteiger partial charge < -0.3 is 5.41 Å². The van der Waals surface area contributed by atoms with E-state index in [4.69, 9.17) is 5.41 Å². The fourth-order valence-electron chi connectivity index (χ4n) is 2.35. The van der Waals surface area contributed by atoms with Crippen molar-refractivity contribution >= 4 is 6.21 Å². The van der Waals surface area contributed by atoms with Gasteiger partial charge in [0, 0.05) is 6.21 Å². The fraction of sp³-hybridized carbons (Fsp3) is 0.211. The van der Waals surface area contributed by atoms with Crippen molar-refractivity contribution in [2.75, 3.05) is 0 Å². The standard InChI is InChI=1S/C19H21N/c1-3-16-11-12-19(14-18(16)6-4-5-13-20)17-9-7-15(2)8-10-17/h4-5,7-14,20H,3,6H2,1-2H3/b5-4-,20-13?. The number of hydrogen-bond donors (Lipinski definition) is 1. The highest BCUT2D eigenvalue weighted by Crippen LogP contribution is 2.24. The van der Waals surface area contributed by atoms with E-state index in [1.165, 1.54) is 34.0 Å². The van der Waals surface area contributed by atoms with Crippen LogP contribution in [0.1, 0.15) is 23.6 Å². The highest BCUT2D eigenvalue weighted by Gasteiger charge is 2.03. The zero-order valence-corrected chi connectivity index (χ0v) is 12.2. The largest absolute Gasteiger partial charge is 0.309 e. The van der Waals surface area contributed by atoms with Crippen LogP contribution < -0.4 is 0 Å². The van der Waals surface area contributed by atoms with Gasteiger partial charge in [0.2, 0.25) is 0 Å². The van der Waals surface area contributed by atoms with Gasteiger partial charge >= 0.3 is 0 Å². The Morgan fingerprint density at radius 1 is 0.950 bits per heavy atom. The number of allylic oxidation sites excluding steroid dienone is 2. The van der Waals surface area contributed by atoms with Gasteiger partial charge in [-0.05, 0) is 48.1 Å². The van der Waals surface area contributed by atoms with Crippen LogP contribution in [0.5, 0.6) is 0 Å². The monoisotopic (exact) mass is 263 g/mol. The molecule has 0 aromatic heterocycles. The van der Waals surface area contributed by atoms with E-state index in [2.05, 4.69) is 56.3 Å². The molecule has 0 saturated heterocycles. The fourth-order valence-corrected chi connectivity index (χ4v) is 2.35. The minimum absolute atomic E-state index is 0.887. The zero-order valence-electron chi connectivity index (χ0n) is 12.2. The molecule has 20 heavy (non-hydrogen) atoms. The van der Waals surface area contributed by atoms with Gasteiger partial charge in [-0.15, -0.1) is 0 Å². The average Bonchev–Trinajstić information content (AvgIpc) is 2.48. The topological polar surface area (TPSA) is 23.9 Å². The predicted octanol–water partition coefficient (Wildman–Crippen LogP) is 4.97. The smallest absolute Gasteiger partial charge is 0.0174 e. The van der Waals surface area contributed by atoms with Gasteiger partial charge in [-0.25, -0.2) is 0 Å². The summed E-state index contributed by atoms with van der Waals surface area (Å²) in [7, 11) is 0. The maximum Gasteiger partial charge on any atom is 0.0174 e. The minimum atomic E-state index is 0.887. The lowest BCUT2D eigenvalue weighted by molar-refractivity contribution is 1.08. The summed E-state index contributed by atoms with van der Waals surface area (Å²) in [6, 6.07) is 15.4. The molecule has 1 heteroatoms. The third kappa shape index (κ3) is 3.45. The Bertz CT molecular complexity index is 606. The molecular formula is C19H21N. The van der Waals surface area contributed by atoms with Gasteiger partial charge in [0.1, 0.15) is 0 Å². The van der Waals surface area contributed by atoms with Crippen LogP contribution in [0, 0.1) is 12.3 Å². The van der Waals surface area contributed by atoms with Gasteiger partial charge in [0.25, 0.3) is 0 Å². The molecule has 1 N–H and O–H groups in total. The third-order valence-electron chi connectivity index (χ3n) is 3.54. The van der Waals surface area contributed by atoms with Gasteiger partial charge in [0.15, 0.2) is 0 Å². The van der Waals surface area contributed by atoms with E-state index >= 15 is 0 Å². The first-order valence-electron chi connectivity index (χ1n) is 7.09. The van der Waals surface area contributed by atoms with Crippen molar-refractivity contribution in [3.8, 4) is 11.1 Å². The third-order valence-corrected chi connectivity index (χ3v) is 3.54. The molecule has 102 valence electrons. The first-order valence-corrected chi connectivity index (χ1v) is 7.09. The molecule has 0 aliphatic carbocycles. The average molecular weight is 263 g/mol. The van der Waals surface area contributed by atoms with E-state index in [1.54, 1.807) is 6.08 Å². The van der Waals surface area contributed by atoms with Crippen LogP contribution in [0.3, 0.4) is 0 Å². The molecule has 0 fully saturated rings. The van der Waals surface area contributed by atoms with Crippen molar-refractivity contribution in [2.45, 2.75) is 26.7 Å². The van der Waals surface area contributed by atoms with Gasteiger partial charge in [-0.3, -0.25) is 0 Å². The highest BCUT2D eigenvalue weighted by atomic mass is 14.3. The number of nitrogens with one attached hydrogen (secondary N) is 1. The second kappa shape index (κ2) is 6.85. The summed E-state index contributed by atoms with van der Waals surface area (Å²) in [6.45, 7) is 4.29. The Balaban J connectivity index is 2.35. The molecule has 0 bridgehead atoms. The van der Waals surface area contributed by atoms with Crippen molar-refractivity contribution in [3.63, 3.8) is 0 Å². The van der Waals surface area contributed by atoms with E-state index < -0.39 is 0 Å². The molecule has 2 aromatic rings. The van der Waals surface area contributed by atoms with Crippen LogP contribution in [0.25, 0.3) is 11.1 Å².